The molecule has 0 radical (unpaired) electrons. The van der Waals surface area contributed by atoms with Crippen molar-refractivity contribution in [2.75, 3.05) is 0 Å². The predicted molar refractivity (Wildman–Crippen MR) is 64.5 cm³/mol. The normalized spacial score (nSPS) is 44.3. The molecule has 0 aromatic carbocycles. The third kappa shape index (κ3) is 1.28. The quantitative estimate of drug-likeness (QED) is 0.864. The van der Waals surface area contributed by atoms with E-state index in [9.17, 15) is 0 Å². The molecule has 0 amide bonds. The maximum Gasteiger partial charge on any atom is 0.165 e. The average molecular weight is 245 g/mol. The minimum atomic E-state index is 0.641. The molecule has 96 valence electrons. The highest BCUT2D eigenvalue weighted by atomic mass is 15.6. The zero-order valence-corrected chi connectivity index (χ0v) is 10.5. The van der Waals surface area contributed by atoms with Gasteiger partial charge in [-0.1, -0.05) is 0 Å². The van der Waals surface area contributed by atoms with E-state index in [1.165, 1.54) is 32.1 Å². The number of fused-ring (bicyclic) bond motifs is 5. The van der Waals surface area contributed by atoms with Crippen molar-refractivity contribution in [3.8, 4) is 0 Å². The highest BCUT2D eigenvalue weighted by molar-refractivity contribution is 5.16. The van der Waals surface area contributed by atoms with Gasteiger partial charge in [0, 0.05) is 6.04 Å². The van der Waals surface area contributed by atoms with Gasteiger partial charge < -0.3 is 5.32 Å². The van der Waals surface area contributed by atoms with E-state index >= 15 is 0 Å². The number of tetrazole rings is 1. The molecule has 4 atom stereocenters. The topological polar surface area (TPSA) is 55.6 Å². The summed E-state index contributed by atoms with van der Waals surface area (Å²) < 4.78 is 2.15. The van der Waals surface area contributed by atoms with Gasteiger partial charge in [0.1, 0.15) is 0 Å². The van der Waals surface area contributed by atoms with Crippen LogP contribution in [0.3, 0.4) is 0 Å². The van der Waals surface area contributed by atoms with Crippen molar-refractivity contribution >= 4 is 0 Å². The number of hydrogen-bond acceptors (Lipinski definition) is 4. The average Bonchev–Trinajstić information content (AvgIpc) is 3.22. The Morgan fingerprint density at radius 3 is 2.61 bits per heavy atom. The molecule has 2 bridgehead atoms. The lowest BCUT2D eigenvalue weighted by molar-refractivity contribution is 0.412. The molecule has 1 aromatic rings. The monoisotopic (exact) mass is 245 g/mol. The zero-order chi connectivity index (χ0) is 11.7. The van der Waals surface area contributed by atoms with Crippen LogP contribution < -0.4 is 5.32 Å². The van der Waals surface area contributed by atoms with Crippen molar-refractivity contribution in [3.63, 3.8) is 0 Å². The molecule has 4 fully saturated rings. The van der Waals surface area contributed by atoms with Crippen LogP contribution in [-0.2, 0) is 6.54 Å². The Labute approximate surface area is 106 Å². The van der Waals surface area contributed by atoms with Crippen LogP contribution in [0.25, 0.3) is 0 Å². The van der Waals surface area contributed by atoms with E-state index in [0.29, 0.717) is 6.04 Å². The minimum absolute atomic E-state index is 0.641. The van der Waals surface area contributed by atoms with E-state index in [0.717, 1.165) is 42.1 Å². The summed E-state index contributed by atoms with van der Waals surface area (Å²) in [5, 5.41) is 15.9. The first kappa shape index (κ1) is 9.89. The SMILES string of the molecule is C(NC1CC1)c1nnnn1C1C2C3CCC(C3)C21. The molecule has 4 aliphatic rings. The van der Waals surface area contributed by atoms with E-state index in [2.05, 4.69) is 25.5 Å². The molecule has 1 aromatic heterocycles. The molecule has 4 aliphatic carbocycles. The second-order valence-electron chi connectivity index (χ2n) is 6.67. The molecule has 18 heavy (non-hydrogen) atoms. The molecular weight excluding hydrogens is 226 g/mol. The Hall–Kier alpha value is -0.970. The summed E-state index contributed by atoms with van der Waals surface area (Å²) in [6.07, 6.45) is 7.05. The summed E-state index contributed by atoms with van der Waals surface area (Å²) >= 11 is 0. The number of aromatic nitrogens is 4. The van der Waals surface area contributed by atoms with Gasteiger partial charge in [0.15, 0.2) is 5.82 Å². The van der Waals surface area contributed by atoms with Crippen LogP contribution in [0.4, 0.5) is 0 Å². The summed E-state index contributed by atoms with van der Waals surface area (Å²) in [4.78, 5) is 0. The molecule has 1 heterocycles. The molecule has 0 saturated heterocycles. The smallest absolute Gasteiger partial charge is 0.165 e. The predicted octanol–water partition coefficient (Wildman–Crippen LogP) is 1.14. The van der Waals surface area contributed by atoms with Gasteiger partial charge in [-0.25, -0.2) is 4.68 Å². The van der Waals surface area contributed by atoms with Crippen LogP contribution in [0.1, 0.15) is 44.0 Å². The van der Waals surface area contributed by atoms with E-state index in [-0.39, 0.29) is 0 Å². The maximum atomic E-state index is 4.27. The summed E-state index contributed by atoms with van der Waals surface area (Å²) in [6, 6.07) is 1.37. The van der Waals surface area contributed by atoms with E-state index in [1.807, 2.05) is 0 Å². The van der Waals surface area contributed by atoms with Gasteiger partial charge >= 0.3 is 0 Å². The molecule has 4 saturated carbocycles. The Bertz CT molecular complexity index is 463. The van der Waals surface area contributed by atoms with Gasteiger partial charge in [0.2, 0.25) is 0 Å². The van der Waals surface area contributed by atoms with E-state index in [1.54, 1.807) is 0 Å². The van der Waals surface area contributed by atoms with Crippen LogP contribution in [0.2, 0.25) is 0 Å². The fourth-order valence-corrected chi connectivity index (χ4v) is 4.69. The van der Waals surface area contributed by atoms with Gasteiger partial charge in [-0.3, -0.25) is 0 Å². The van der Waals surface area contributed by atoms with E-state index in [4.69, 9.17) is 0 Å². The lowest BCUT2D eigenvalue weighted by Crippen LogP contribution is -2.20. The highest BCUT2D eigenvalue weighted by Gasteiger charge is 2.66. The first-order valence-electron chi connectivity index (χ1n) is 7.42. The first-order valence-corrected chi connectivity index (χ1v) is 7.42. The fourth-order valence-electron chi connectivity index (χ4n) is 4.69. The van der Waals surface area contributed by atoms with Gasteiger partial charge in [-0.2, -0.15) is 0 Å². The van der Waals surface area contributed by atoms with Crippen LogP contribution >= 0.6 is 0 Å². The Balaban J connectivity index is 1.36. The maximum absolute atomic E-state index is 4.27. The largest absolute Gasteiger partial charge is 0.307 e. The molecule has 5 nitrogen and oxygen atoms in total. The van der Waals surface area contributed by atoms with Gasteiger partial charge in [0.25, 0.3) is 0 Å². The summed E-state index contributed by atoms with van der Waals surface area (Å²) in [5.41, 5.74) is 0. The Kier molecular flexibility index (Phi) is 1.82. The van der Waals surface area contributed by atoms with Crippen molar-refractivity contribution in [1.82, 2.24) is 25.5 Å². The second kappa shape index (κ2) is 3.32. The minimum Gasteiger partial charge on any atom is -0.307 e. The number of nitrogens with one attached hydrogen (secondary N) is 1. The van der Waals surface area contributed by atoms with Crippen molar-refractivity contribution in [2.45, 2.75) is 50.7 Å². The van der Waals surface area contributed by atoms with Gasteiger partial charge in [0.05, 0.1) is 12.6 Å². The third-order valence-corrected chi connectivity index (χ3v) is 5.66. The summed E-state index contributed by atoms with van der Waals surface area (Å²) in [6.45, 7) is 0.850. The molecule has 1 N–H and O–H groups in total. The van der Waals surface area contributed by atoms with Gasteiger partial charge in [-0.05, 0) is 66.2 Å². The number of rotatable bonds is 4. The summed E-state index contributed by atoms with van der Waals surface area (Å²) in [5.74, 6) is 4.84. The highest BCUT2D eigenvalue weighted by Crippen LogP contribution is 2.71. The van der Waals surface area contributed by atoms with Gasteiger partial charge in [-0.15, -0.1) is 5.10 Å². The molecular formula is C13H19N5. The molecule has 5 rings (SSSR count). The summed E-state index contributed by atoms with van der Waals surface area (Å²) in [7, 11) is 0. The lowest BCUT2D eigenvalue weighted by Gasteiger charge is -2.10. The van der Waals surface area contributed by atoms with Crippen LogP contribution in [-0.4, -0.2) is 26.2 Å². The number of hydrogen-bond donors (Lipinski definition) is 1. The van der Waals surface area contributed by atoms with E-state index < -0.39 is 0 Å². The van der Waals surface area contributed by atoms with Crippen LogP contribution in [0, 0.1) is 23.7 Å². The molecule has 4 unspecified atom stereocenters. The lowest BCUT2D eigenvalue weighted by atomic mass is 10.0. The molecule has 0 spiro atoms. The van der Waals surface area contributed by atoms with Crippen molar-refractivity contribution in [3.05, 3.63) is 5.82 Å². The third-order valence-electron chi connectivity index (χ3n) is 5.66. The number of nitrogens with zero attached hydrogens (tertiary/aromatic N) is 4. The zero-order valence-electron chi connectivity index (χ0n) is 10.5. The van der Waals surface area contributed by atoms with Crippen molar-refractivity contribution in [2.24, 2.45) is 23.7 Å². The first-order chi connectivity index (χ1) is 8.92. The molecule has 0 aliphatic heterocycles. The standard InChI is InChI=1S/C13H19N5/c1-2-8-5-7(1)11-12(8)13(11)18-10(15-16-17-18)6-14-9-3-4-9/h7-9,11-14H,1-6H2. The van der Waals surface area contributed by atoms with Crippen LogP contribution in [0.15, 0.2) is 0 Å². The fraction of sp³-hybridized carbons (Fsp3) is 0.923. The van der Waals surface area contributed by atoms with Crippen molar-refractivity contribution < 1.29 is 0 Å². The molecule has 5 heteroatoms. The second-order valence-corrected chi connectivity index (χ2v) is 6.67. The van der Waals surface area contributed by atoms with Crippen molar-refractivity contribution in [1.29, 1.82) is 0 Å². The Morgan fingerprint density at radius 1 is 1.11 bits per heavy atom. The Morgan fingerprint density at radius 2 is 1.89 bits per heavy atom. The van der Waals surface area contributed by atoms with Crippen LogP contribution in [0.5, 0.6) is 0 Å².